The van der Waals surface area contributed by atoms with E-state index < -0.39 is 93.0 Å². The van der Waals surface area contributed by atoms with Crippen molar-refractivity contribution in [2.75, 3.05) is 18.5 Å². The molecule has 7 rings (SSSR count). The second kappa shape index (κ2) is 11.1. The smallest absolute Gasteiger partial charge is 0.387 e. The van der Waals surface area contributed by atoms with Crippen molar-refractivity contribution >= 4 is 54.1 Å². The Morgan fingerprint density at radius 1 is 1.13 bits per heavy atom. The summed E-state index contributed by atoms with van der Waals surface area (Å²) >= 11 is 5.33. The van der Waals surface area contributed by atoms with Crippen LogP contribution in [-0.4, -0.2) is 92.5 Å². The van der Waals surface area contributed by atoms with Crippen molar-refractivity contribution in [3.8, 4) is 0 Å². The van der Waals surface area contributed by atoms with Gasteiger partial charge >= 0.3 is 7.82 Å². The fraction of sp³-hybridized carbons (Fsp3) is 0.476. The number of nitrogens with one attached hydrogen (secondary N) is 1. The van der Waals surface area contributed by atoms with E-state index in [-0.39, 0.29) is 22.6 Å². The number of aliphatic hydroxyl groups excluding tert-OH is 1. The summed E-state index contributed by atoms with van der Waals surface area (Å²) in [7, 11) is -5.31. The molecule has 0 spiro atoms. The number of rotatable bonds is 2. The summed E-state index contributed by atoms with van der Waals surface area (Å²) in [6.45, 7) is -4.58. The summed E-state index contributed by atoms with van der Waals surface area (Å²) in [5, 5.41) is 10.6. The molecule has 6 N–H and O–H groups in total. The van der Waals surface area contributed by atoms with Gasteiger partial charge in [-0.25, -0.2) is 33.3 Å². The van der Waals surface area contributed by atoms with E-state index in [0.717, 1.165) is 23.4 Å². The number of fused-ring (bicyclic) bond motifs is 5. The number of aromatic amines is 1. The van der Waals surface area contributed by atoms with Crippen LogP contribution in [0.15, 0.2) is 30.0 Å². The van der Waals surface area contributed by atoms with E-state index in [2.05, 4.69) is 29.6 Å². The third-order valence-electron chi connectivity index (χ3n) is 7.50. The highest BCUT2D eigenvalue weighted by Crippen LogP contribution is 2.55. The first-order valence-electron chi connectivity index (χ1n) is 13.0. The van der Waals surface area contributed by atoms with Crippen LogP contribution in [0.2, 0.25) is 0 Å². The van der Waals surface area contributed by atoms with Gasteiger partial charge in [-0.1, -0.05) is 0 Å². The molecule has 19 nitrogen and oxygen atoms in total. The first kappa shape index (κ1) is 30.8. The molecule has 3 aliphatic heterocycles. The van der Waals surface area contributed by atoms with E-state index in [1.807, 2.05) is 0 Å². The third kappa shape index (κ3) is 5.39. The minimum Gasteiger partial charge on any atom is -0.387 e. The van der Waals surface area contributed by atoms with Crippen LogP contribution < -0.4 is 11.3 Å². The second-order valence-corrected chi connectivity index (χ2v) is 15.2. The molecule has 2 unspecified atom stereocenters. The monoisotopic (exact) mass is 694 g/mol. The minimum atomic E-state index is -5.31. The highest BCUT2D eigenvalue weighted by atomic mass is 32.5. The average molecular weight is 694 g/mol. The predicted molar refractivity (Wildman–Crippen MR) is 146 cm³/mol. The minimum absolute atomic E-state index is 0.0104. The van der Waals surface area contributed by atoms with E-state index >= 15 is 4.39 Å². The lowest BCUT2D eigenvalue weighted by Gasteiger charge is -2.27. The van der Waals surface area contributed by atoms with Crippen LogP contribution in [0.1, 0.15) is 12.5 Å². The predicted octanol–water partition coefficient (Wildman–Crippen LogP) is 0.119. The Labute approximate surface area is 253 Å². The number of halogens is 2. The van der Waals surface area contributed by atoms with E-state index in [1.54, 1.807) is 0 Å². The zero-order chi connectivity index (χ0) is 31.8. The van der Waals surface area contributed by atoms with Gasteiger partial charge < -0.3 is 44.2 Å². The number of phosphoric acid groups is 1. The molecule has 45 heavy (non-hydrogen) atoms. The molecule has 3 saturated heterocycles. The number of hydrogen-bond donors (Lipinski definition) is 5. The maximum absolute atomic E-state index is 15.9. The fourth-order valence-electron chi connectivity index (χ4n) is 5.49. The number of aromatic nitrogens is 7. The van der Waals surface area contributed by atoms with Gasteiger partial charge in [0, 0.05) is 18.3 Å². The van der Waals surface area contributed by atoms with Crippen LogP contribution >= 0.6 is 14.3 Å². The molecule has 4 aromatic rings. The lowest BCUT2D eigenvalue weighted by atomic mass is 10.1. The standard InChI is InChI=1S/C21H22F2N8O11P2S/c22-8-1-30(16-10(8)18(33)28-5-26-16)19-7-3-43(34,45)37-2-9-14(41-44(35,36)42-40-21(39-19)13(7)32)11(23)20(38-9)31-6-29-12-15(24)25-4-27-17(12)31/h1,4-7,9,11,13-14,19-21,32H,2-3H2,(H,34,45)(H,35,36)(H2,24,25,27)(H,26,28,33)/t7-,9-,11-,13-,14-,19-,20-,21-,43?/m1/s1. The topological polar surface area (TPSA) is 253 Å². The second-order valence-electron chi connectivity index (χ2n) is 10.3. The summed E-state index contributed by atoms with van der Waals surface area (Å²) in [5.74, 6) is -2.20. The van der Waals surface area contributed by atoms with Crippen molar-refractivity contribution in [3.05, 3.63) is 41.3 Å². The molecule has 0 amide bonds. The molecule has 0 aromatic carbocycles. The largest absolute Gasteiger partial charge is 0.500 e. The molecule has 7 heterocycles. The Bertz CT molecular complexity index is 1950. The number of imidazole rings is 1. The van der Waals surface area contributed by atoms with Crippen LogP contribution in [0.3, 0.4) is 0 Å². The van der Waals surface area contributed by atoms with Crippen molar-refractivity contribution < 1.29 is 56.3 Å². The Morgan fingerprint density at radius 3 is 2.73 bits per heavy atom. The number of anilines is 1. The maximum Gasteiger partial charge on any atom is 0.500 e. The molecule has 0 saturated carbocycles. The van der Waals surface area contributed by atoms with Crippen molar-refractivity contribution in [2.24, 2.45) is 5.92 Å². The number of nitrogens with two attached hydrogens (primary N) is 1. The van der Waals surface area contributed by atoms with Crippen LogP contribution in [0, 0.1) is 11.7 Å². The van der Waals surface area contributed by atoms with E-state index in [9.17, 15) is 28.6 Å². The Kier molecular flexibility index (Phi) is 7.62. The Morgan fingerprint density at radius 2 is 1.93 bits per heavy atom. The van der Waals surface area contributed by atoms with E-state index in [4.69, 9.17) is 40.9 Å². The molecule has 3 aliphatic rings. The first-order valence-corrected chi connectivity index (χ1v) is 17.3. The van der Waals surface area contributed by atoms with Gasteiger partial charge in [0.25, 0.3) is 5.56 Å². The normalized spacial score (nSPS) is 37.7. The van der Waals surface area contributed by atoms with E-state index in [1.165, 1.54) is 10.9 Å². The summed E-state index contributed by atoms with van der Waals surface area (Å²) in [4.78, 5) is 56.9. The van der Waals surface area contributed by atoms with Gasteiger partial charge in [0.2, 0.25) is 6.29 Å². The van der Waals surface area contributed by atoms with Gasteiger partial charge in [-0.3, -0.25) is 13.9 Å². The van der Waals surface area contributed by atoms with Crippen molar-refractivity contribution in [3.63, 3.8) is 0 Å². The van der Waals surface area contributed by atoms with Crippen LogP contribution in [0.4, 0.5) is 14.6 Å². The number of alkyl halides is 1. The zero-order valence-electron chi connectivity index (χ0n) is 22.3. The number of phosphoric ester groups is 1. The fourth-order valence-corrected chi connectivity index (χ4v) is 8.40. The molecule has 10 atom stereocenters. The summed E-state index contributed by atoms with van der Waals surface area (Å²) in [6, 6.07) is 0. The van der Waals surface area contributed by atoms with Gasteiger partial charge in [0.05, 0.1) is 19.3 Å². The van der Waals surface area contributed by atoms with Crippen LogP contribution in [0.5, 0.6) is 0 Å². The SMILES string of the molecule is Nc1ncnc2c1ncn2[C@@H]1O[C@@H]2COP(O)(=S)C[C@@H]3[C@@H](O)[C@@H](OOP(=O)(O)O[C@H]2[C@H]1F)O[C@H]3n1cc(F)c2c(=O)[nH]cnc21. The van der Waals surface area contributed by atoms with Crippen molar-refractivity contribution in [1.82, 2.24) is 34.1 Å². The number of hydrogen-bond acceptors (Lipinski definition) is 15. The lowest BCUT2D eigenvalue weighted by molar-refractivity contribution is -0.341. The van der Waals surface area contributed by atoms with Gasteiger partial charge in [-0.2, -0.15) is 4.89 Å². The highest BCUT2D eigenvalue weighted by Gasteiger charge is 2.54. The Hall–Kier alpha value is -2.85. The molecule has 3 fully saturated rings. The molecule has 0 aliphatic carbocycles. The average Bonchev–Trinajstić information content (AvgIpc) is 3.71. The quantitative estimate of drug-likeness (QED) is 0.138. The van der Waals surface area contributed by atoms with Crippen molar-refractivity contribution in [2.45, 2.75) is 43.2 Å². The van der Waals surface area contributed by atoms with E-state index in [0.29, 0.717) is 0 Å². The molecule has 242 valence electrons. The van der Waals surface area contributed by atoms with Gasteiger partial charge in [0.1, 0.15) is 41.8 Å². The number of aliphatic hydroxyl groups is 1. The summed E-state index contributed by atoms with van der Waals surface area (Å²) < 4.78 is 72.6. The summed E-state index contributed by atoms with van der Waals surface area (Å²) in [6.07, 6.45) is -8.33. The highest BCUT2D eigenvalue weighted by molar-refractivity contribution is 8.09. The number of nitrogen functional groups attached to an aromatic ring is 1. The lowest BCUT2D eigenvalue weighted by Crippen LogP contribution is -2.34. The number of H-pyrrole nitrogens is 1. The molecular weight excluding hydrogens is 672 g/mol. The zero-order valence-corrected chi connectivity index (χ0v) is 24.9. The summed E-state index contributed by atoms with van der Waals surface area (Å²) in [5.41, 5.74) is 5.05. The van der Waals surface area contributed by atoms with Crippen molar-refractivity contribution in [1.29, 1.82) is 0 Å². The Balaban J connectivity index is 1.21. The maximum atomic E-state index is 15.9. The van der Waals surface area contributed by atoms with Crippen LogP contribution in [-0.2, 0) is 44.5 Å². The molecule has 2 bridgehead atoms. The number of ether oxygens (including phenoxy) is 2. The third-order valence-corrected chi connectivity index (χ3v) is 10.5. The van der Waals surface area contributed by atoms with Crippen LogP contribution in [0.25, 0.3) is 22.2 Å². The molecule has 0 radical (unpaired) electrons. The molecular formula is C21H22F2N8O11P2S. The molecule has 24 heteroatoms. The molecule has 4 aromatic heterocycles. The van der Waals surface area contributed by atoms with Gasteiger partial charge in [-0.05, 0) is 11.8 Å². The first-order chi connectivity index (χ1) is 21.3. The van der Waals surface area contributed by atoms with Gasteiger partial charge in [0.15, 0.2) is 41.8 Å². The number of nitrogens with zero attached hydrogens (tertiary/aromatic N) is 6. The van der Waals surface area contributed by atoms with Gasteiger partial charge in [-0.15, -0.1) is 4.67 Å².